The van der Waals surface area contributed by atoms with Crippen molar-refractivity contribution >= 4 is 0 Å². The Labute approximate surface area is 113 Å². The van der Waals surface area contributed by atoms with Gasteiger partial charge in [-0.1, -0.05) is 64.4 Å². The van der Waals surface area contributed by atoms with E-state index in [1.807, 2.05) is 0 Å². The Bertz CT molecular complexity index is 305. The van der Waals surface area contributed by atoms with Crippen molar-refractivity contribution in [1.82, 2.24) is 5.32 Å². The molecule has 1 aromatic rings. The standard InChI is InChI=1S/C17H29N/c1-5-13-18-17(15(4)12-11-14(2)3)16-9-7-6-8-10-16/h6-10,14-15,17-18H,5,11-13H2,1-4H3. The molecule has 102 valence electrons. The molecule has 18 heavy (non-hydrogen) atoms. The first kappa shape index (κ1) is 15.2. The molecule has 0 spiro atoms. The predicted octanol–water partition coefficient (Wildman–Crippen LogP) is 4.80. The zero-order valence-electron chi connectivity index (χ0n) is 12.4. The van der Waals surface area contributed by atoms with Crippen LogP contribution >= 0.6 is 0 Å². The number of hydrogen-bond acceptors (Lipinski definition) is 1. The summed E-state index contributed by atoms with van der Waals surface area (Å²) in [5, 5.41) is 3.71. The van der Waals surface area contributed by atoms with Gasteiger partial charge in [0.05, 0.1) is 0 Å². The molecule has 1 rings (SSSR count). The predicted molar refractivity (Wildman–Crippen MR) is 80.7 cm³/mol. The van der Waals surface area contributed by atoms with Crippen LogP contribution in [0.5, 0.6) is 0 Å². The molecule has 2 unspecified atom stereocenters. The Hall–Kier alpha value is -0.820. The van der Waals surface area contributed by atoms with Crippen molar-refractivity contribution in [2.24, 2.45) is 11.8 Å². The van der Waals surface area contributed by atoms with Crippen LogP contribution in [0.3, 0.4) is 0 Å². The van der Waals surface area contributed by atoms with E-state index in [0.717, 1.165) is 12.5 Å². The van der Waals surface area contributed by atoms with Gasteiger partial charge in [-0.05, 0) is 36.8 Å². The lowest BCUT2D eigenvalue weighted by molar-refractivity contribution is 0.341. The van der Waals surface area contributed by atoms with Gasteiger partial charge in [0, 0.05) is 6.04 Å². The average Bonchev–Trinajstić information content (AvgIpc) is 2.38. The highest BCUT2D eigenvalue weighted by atomic mass is 14.9. The minimum absolute atomic E-state index is 0.505. The molecule has 0 aliphatic rings. The highest BCUT2D eigenvalue weighted by Gasteiger charge is 2.18. The van der Waals surface area contributed by atoms with Gasteiger partial charge in [0.25, 0.3) is 0 Å². The molecule has 0 heterocycles. The van der Waals surface area contributed by atoms with Crippen molar-refractivity contribution in [3.8, 4) is 0 Å². The maximum absolute atomic E-state index is 3.71. The fourth-order valence-electron chi connectivity index (χ4n) is 2.37. The van der Waals surface area contributed by atoms with Crippen LogP contribution in [0.25, 0.3) is 0 Å². The summed E-state index contributed by atoms with van der Waals surface area (Å²) in [6.07, 6.45) is 3.81. The Morgan fingerprint density at radius 1 is 1.00 bits per heavy atom. The molecule has 0 fully saturated rings. The van der Waals surface area contributed by atoms with E-state index in [4.69, 9.17) is 0 Å². The number of nitrogens with one attached hydrogen (secondary N) is 1. The zero-order valence-corrected chi connectivity index (χ0v) is 12.4. The van der Waals surface area contributed by atoms with E-state index >= 15 is 0 Å². The lowest BCUT2D eigenvalue weighted by Crippen LogP contribution is -2.28. The second kappa shape index (κ2) is 8.31. The van der Waals surface area contributed by atoms with Gasteiger partial charge in [0.15, 0.2) is 0 Å². The third-order valence-corrected chi connectivity index (χ3v) is 3.54. The molecule has 1 N–H and O–H groups in total. The summed E-state index contributed by atoms with van der Waals surface area (Å²) in [7, 11) is 0. The van der Waals surface area contributed by atoms with Gasteiger partial charge in [-0.2, -0.15) is 0 Å². The van der Waals surface area contributed by atoms with Gasteiger partial charge in [0.1, 0.15) is 0 Å². The normalized spacial score (nSPS) is 14.7. The van der Waals surface area contributed by atoms with Crippen molar-refractivity contribution in [1.29, 1.82) is 0 Å². The fourth-order valence-corrected chi connectivity index (χ4v) is 2.37. The van der Waals surface area contributed by atoms with Gasteiger partial charge < -0.3 is 5.32 Å². The topological polar surface area (TPSA) is 12.0 Å². The maximum atomic E-state index is 3.71. The highest BCUT2D eigenvalue weighted by Crippen LogP contribution is 2.26. The molecule has 0 aliphatic heterocycles. The summed E-state index contributed by atoms with van der Waals surface area (Å²) >= 11 is 0. The van der Waals surface area contributed by atoms with Gasteiger partial charge in [0.2, 0.25) is 0 Å². The van der Waals surface area contributed by atoms with Crippen molar-refractivity contribution in [2.45, 2.75) is 53.0 Å². The van der Waals surface area contributed by atoms with Gasteiger partial charge in [-0.3, -0.25) is 0 Å². The molecule has 0 aromatic heterocycles. The molecule has 0 amide bonds. The first-order valence-electron chi connectivity index (χ1n) is 7.43. The molecule has 1 heteroatoms. The summed E-state index contributed by atoms with van der Waals surface area (Å²) in [5.41, 5.74) is 1.43. The molecule has 0 bridgehead atoms. The van der Waals surface area contributed by atoms with E-state index in [2.05, 4.69) is 63.3 Å². The zero-order chi connectivity index (χ0) is 13.4. The van der Waals surface area contributed by atoms with Crippen LogP contribution in [0, 0.1) is 11.8 Å². The lowest BCUT2D eigenvalue weighted by Gasteiger charge is -2.26. The lowest BCUT2D eigenvalue weighted by atomic mass is 9.88. The number of rotatable bonds is 8. The van der Waals surface area contributed by atoms with Gasteiger partial charge in [-0.15, -0.1) is 0 Å². The summed E-state index contributed by atoms with van der Waals surface area (Å²) in [4.78, 5) is 0. The smallest absolute Gasteiger partial charge is 0.0346 e. The van der Waals surface area contributed by atoms with E-state index in [-0.39, 0.29) is 0 Å². The molecule has 0 saturated heterocycles. The SMILES string of the molecule is CCCNC(c1ccccc1)C(C)CCC(C)C. The van der Waals surface area contributed by atoms with E-state index in [9.17, 15) is 0 Å². The monoisotopic (exact) mass is 247 g/mol. The largest absolute Gasteiger partial charge is 0.310 e. The molecule has 1 nitrogen and oxygen atoms in total. The Kier molecular flexibility index (Phi) is 7.04. The van der Waals surface area contributed by atoms with E-state index in [1.54, 1.807) is 0 Å². The average molecular weight is 247 g/mol. The van der Waals surface area contributed by atoms with E-state index in [1.165, 1.54) is 24.8 Å². The van der Waals surface area contributed by atoms with Gasteiger partial charge in [-0.25, -0.2) is 0 Å². The first-order chi connectivity index (χ1) is 8.65. The minimum atomic E-state index is 0.505. The fraction of sp³-hybridized carbons (Fsp3) is 0.647. The second-order valence-corrected chi connectivity index (χ2v) is 5.79. The molecule has 2 atom stereocenters. The van der Waals surface area contributed by atoms with Crippen molar-refractivity contribution in [3.05, 3.63) is 35.9 Å². The quantitative estimate of drug-likeness (QED) is 0.696. The summed E-state index contributed by atoms with van der Waals surface area (Å²) in [6.45, 7) is 10.3. The van der Waals surface area contributed by atoms with Gasteiger partial charge >= 0.3 is 0 Å². The highest BCUT2D eigenvalue weighted by molar-refractivity contribution is 5.19. The van der Waals surface area contributed by atoms with Crippen molar-refractivity contribution in [3.63, 3.8) is 0 Å². The third-order valence-electron chi connectivity index (χ3n) is 3.54. The molecule has 0 aliphatic carbocycles. The number of benzene rings is 1. The minimum Gasteiger partial charge on any atom is -0.310 e. The van der Waals surface area contributed by atoms with Crippen LogP contribution in [0.1, 0.15) is 58.6 Å². The van der Waals surface area contributed by atoms with Crippen molar-refractivity contribution < 1.29 is 0 Å². The molecule has 1 aromatic carbocycles. The third kappa shape index (κ3) is 5.22. The van der Waals surface area contributed by atoms with Crippen LogP contribution in [0.4, 0.5) is 0 Å². The molecule has 0 radical (unpaired) electrons. The van der Waals surface area contributed by atoms with Crippen LogP contribution < -0.4 is 5.32 Å². The summed E-state index contributed by atoms with van der Waals surface area (Å²) in [6, 6.07) is 11.4. The van der Waals surface area contributed by atoms with Crippen LogP contribution in [0.2, 0.25) is 0 Å². The second-order valence-electron chi connectivity index (χ2n) is 5.79. The Balaban J connectivity index is 2.65. The van der Waals surface area contributed by atoms with E-state index < -0.39 is 0 Å². The summed E-state index contributed by atoms with van der Waals surface area (Å²) < 4.78 is 0. The molecular formula is C17H29N. The maximum Gasteiger partial charge on any atom is 0.0346 e. The Morgan fingerprint density at radius 3 is 2.22 bits per heavy atom. The van der Waals surface area contributed by atoms with Crippen molar-refractivity contribution in [2.75, 3.05) is 6.54 Å². The first-order valence-corrected chi connectivity index (χ1v) is 7.43. The van der Waals surface area contributed by atoms with Crippen LogP contribution in [0.15, 0.2) is 30.3 Å². The van der Waals surface area contributed by atoms with Crippen LogP contribution in [-0.2, 0) is 0 Å². The number of hydrogen-bond donors (Lipinski definition) is 1. The Morgan fingerprint density at radius 2 is 1.67 bits per heavy atom. The molecule has 0 saturated carbocycles. The van der Waals surface area contributed by atoms with Crippen LogP contribution in [-0.4, -0.2) is 6.54 Å². The van der Waals surface area contributed by atoms with E-state index in [0.29, 0.717) is 12.0 Å². The molecular weight excluding hydrogens is 218 g/mol. The summed E-state index contributed by atoms with van der Waals surface area (Å²) in [5.74, 6) is 1.50.